The van der Waals surface area contributed by atoms with Crippen molar-refractivity contribution < 1.29 is 34.5 Å². The number of rotatable bonds is 6. The van der Waals surface area contributed by atoms with Crippen LogP contribution in [0.25, 0.3) is 0 Å². The van der Waals surface area contributed by atoms with Gasteiger partial charge in [0.1, 0.15) is 35.9 Å². The van der Waals surface area contributed by atoms with Gasteiger partial charge in [0.15, 0.2) is 0 Å². The van der Waals surface area contributed by atoms with E-state index >= 15 is 0 Å². The summed E-state index contributed by atoms with van der Waals surface area (Å²) in [5.74, 6) is -1.69. The second-order valence-electron chi connectivity index (χ2n) is 7.35. The number of methoxy groups -OCH3 is 1. The number of hydrogen-bond acceptors (Lipinski definition) is 7. The Morgan fingerprint density at radius 1 is 1.13 bits per heavy atom. The Balaban J connectivity index is 1.92. The smallest absolute Gasteiger partial charge is 0.222 e. The van der Waals surface area contributed by atoms with E-state index in [1.54, 1.807) is 19.2 Å². The van der Waals surface area contributed by atoms with E-state index in [0.717, 1.165) is 11.3 Å². The third-order valence-electron chi connectivity index (χ3n) is 5.20. The van der Waals surface area contributed by atoms with Crippen molar-refractivity contribution in [2.75, 3.05) is 19.1 Å². The van der Waals surface area contributed by atoms with Crippen LogP contribution in [0.4, 0.5) is 0 Å². The van der Waals surface area contributed by atoms with E-state index in [1.165, 1.54) is 12.3 Å². The van der Waals surface area contributed by atoms with E-state index in [0.29, 0.717) is 17.0 Å². The molecule has 0 aliphatic carbocycles. The Kier molecular flexibility index (Phi) is 7.32. The number of aliphatic hydroxyl groups excluding tert-OH is 3. The largest absolute Gasteiger partial charge is 0.616 e. The molecule has 6 atom stereocenters. The fraction of sp³-hybridized carbons (Fsp3) is 0.429. The predicted molar refractivity (Wildman–Crippen MR) is 113 cm³/mol. The highest BCUT2D eigenvalue weighted by Crippen LogP contribution is 2.38. The lowest BCUT2D eigenvalue weighted by molar-refractivity contribution is -0.350. The van der Waals surface area contributed by atoms with Gasteiger partial charge in [-0.15, -0.1) is 0 Å². The number of halogens is 1. The van der Waals surface area contributed by atoms with Gasteiger partial charge >= 0.3 is 0 Å². The van der Waals surface area contributed by atoms with Gasteiger partial charge in [-0.2, -0.15) is 0 Å². The van der Waals surface area contributed by atoms with Crippen molar-refractivity contribution in [3.8, 4) is 5.75 Å². The van der Waals surface area contributed by atoms with Crippen molar-refractivity contribution in [1.82, 2.24) is 0 Å². The minimum atomic E-state index is -2.30. The third kappa shape index (κ3) is 4.76. The van der Waals surface area contributed by atoms with Gasteiger partial charge in [-0.05, 0) is 41.8 Å². The summed E-state index contributed by atoms with van der Waals surface area (Å²) in [6.07, 6.45) is -4.25. The molecule has 3 rings (SSSR count). The summed E-state index contributed by atoms with van der Waals surface area (Å²) >= 11 is 4.98. The standard InChI is InChI=1S/C21H25ClO7S/c1-28-15-6-3-12(4-7-15)9-13-10-14(5-8-16(13)22)21(26)20(25)19(24)18(23)17(29-21)11-30(2)27/h3-8,10,17-20,23-26H,9,11H2,1-2H3/t17-,18-,19+,20-,21+,30?/m1/s1. The zero-order valence-electron chi connectivity index (χ0n) is 16.6. The number of benzene rings is 2. The lowest BCUT2D eigenvalue weighted by Gasteiger charge is -2.45. The van der Waals surface area contributed by atoms with E-state index in [4.69, 9.17) is 21.1 Å². The highest BCUT2D eigenvalue weighted by Gasteiger charge is 2.54. The summed E-state index contributed by atoms with van der Waals surface area (Å²) in [6.45, 7) is 0. The van der Waals surface area contributed by atoms with Crippen LogP contribution in [0.3, 0.4) is 0 Å². The Hall–Kier alpha value is -1.36. The van der Waals surface area contributed by atoms with Crippen molar-refractivity contribution >= 4 is 22.8 Å². The second kappa shape index (κ2) is 9.42. The molecule has 1 fully saturated rings. The molecule has 1 unspecified atom stereocenters. The van der Waals surface area contributed by atoms with Crippen molar-refractivity contribution in [3.63, 3.8) is 0 Å². The van der Waals surface area contributed by atoms with Crippen LogP contribution in [0.15, 0.2) is 42.5 Å². The predicted octanol–water partition coefficient (Wildman–Crippen LogP) is 0.944. The van der Waals surface area contributed by atoms with E-state index < -0.39 is 41.4 Å². The van der Waals surface area contributed by atoms with Gasteiger partial charge in [0.05, 0.1) is 13.4 Å². The molecule has 0 aromatic heterocycles. The molecule has 0 radical (unpaired) electrons. The van der Waals surface area contributed by atoms with Crippen LogP contribution in [0, 0.1) is 0 Å². The first kappa shape index (κ1) is 23.3. The van der Waals surface area contributed by atoms with Crippen LogP contribution in [-0.2, 0) is 28.1 Å². The minimum Gasteiger partial charge on any atom is -0.616 e. The van der Waals surface area contributed by atoms with E-state index in [9.17, 15) is 25.0 Å². The van der Waals surface area contributed by atoms with E-state index in [1.807, 2.05) is 24.3 Å². The quantitative estimate of drug-likeness (QED) is 0.477. The zero-order valence-corrected chi connectivity index (χ0v) is 18.1. The fourth-order valence-corrected chi connectivity index (χ4v) is 4.42. The molecule has 1 saturated heterocycles. The van der Waals surface area contributed by atoms with Gasteiger partial charge in [0, 0.05) is 10.6 Å². The first-order valence-electron chi connectivity index (χ1n) is 9.32. The van der Waals surface area contributed by atoms with Crippen molar-refractivity contribution in [1.29, 1.82) is 0 Å². The maximum atomic E-state index is 11.6. The molecule has 0 spiro atoms. The summed E-state index contributed by atoms with van der Waals surface area (Å²) in [6, 6.07) is 12.0. The van der Waals surface area contributed by atoms with Crippen LogP contribution in [0.5, 0.6) is 5.75 Å². The van der Waals surface area contributed by atoms with Crippen LogP contribution >= 0.6 is 11.6 Å². The van der Waals surface area contributed by atoms with Crippen LogP contribution < -0.4 is 4.74 Å². The van der Waals surface area contributed by atoms with Gasteiger partial charge in [0.2, 0.25) is 5.79 Å². The summed E-state index contributed by atoms with van der Waals surface area (Å²) in [7, 11) is 1.58. The van der Waals surface area contributed by atoms with Gasteiger partial charge in [-0.1, -0.05) is 41.0 Å². The highest BCUT2D eigenvalue weighted by molar-refractivity contribution is 7.90. The lowest BCUT2D eigenvalue weighted by atomic mass is 9.87. The molecule has 2 aromatic rings. The van der Waals surface area contributed by atoms with Crippen LogP contribution in [0.1, 0.15) is 16.7 Å². The third-order valence-corrected chi connectivity index (χ3v) is 6.36. The van der Waals surface area contributed by atoms with Gasteiger partial charge in [-0.25, -0.2) is 0 Å². The molecule has 0 amide bonds. The first-order chi connectivity index (χ1) is 14.2. The average molecular weight is 457 g/mol. The topological polar surface area (TPSA) is 122 Å². The second-order valence-corrected chi connectivity index (χ2v) is 9.24. The zero-order chi connectivity index (χ0) is 22.1. The molecular weight excluding hydrogens is 432 g/mol. The van der Waals surface area contributed by atoms with Crippen LogP contribution in [0.2, 0.25) is 5.02 Å². The Morgan fingerprint density at radius 3 is 2.40 bits per heavy atom. The Morgan fingerprint density at radius 2 is 1.80 bits per heavy atom. The highest BCUT2D eigenvalue weighted by atomic mass is 35.5. The molecule has 1 heterocycles. The van der Waals surface area contributed by atoms with E-state index in [-0.39, 0.29) is 11.3 Å². The molecule has 2 aromatic carbocycles. The minimum absolute atomic E-state index is 0.112. The molecule has 7 nitrogen and oxygen atoms in total. The molecule has 0 bridgehead atoms. The van der Waals surface area contributed by atoms with Gasteiger partial charge in [0.25, 0.3) is 0 Å². The van der Waals surface area contributed by atoms with Crippen LogP contribution in [-0.4, -0.2) is 68.5 Å². The first-order valence-corrected chi connectivity index (χ1v) is 11.4. The normalized spacial score (nSPS) is 30.1. The summed E-state index contributed by atoms with van der Waals surface area (Å²) in [5.41, 5.74) is 1.78. The van der Waals surface area contributed by atoms with Crippen molar-refractivity contribution in [3.05, 3.63) is 64.2 Å². The summed E-state index contributed by atoms with van der Waals surface area (Å²) < 4.78 is 22.3. The fourth-order valence-electron chi connectivity index (χ4n) is 3.51. The van der Waals surface area contributed by atoms with Crippen molar-refractivity contribution in [2.45, 2.75) is 36.6 Å². The molecular formula is C21H25ClO7S. The van der Waals surface area contributed by atoms with E-state index in [2.05, 4.69) is 0 Å². The molecule has 1 aliphatic rings. The summed E-state index contributed by atoms with van der Waals surface area (Å²) in [4.78, 5) is 0. The maximum Gasteiger partial charge on any atom is 0.222 e. The number of ether oxygens (including phenoxy) is 2. The Bertz CT molecular complexity index is 863. The maximum absolute atomic E-state index is 11.6. The monoisotopic (exact) mass is 456 g/mol. The average Bonchev–Trinajstić information content (AvgIpc) is 2.72. The SMILES string of the molecule is COc1ccc(Cc2cc([C@]3(O)O[C@H](C[S+](C)[O-])[C@@H](O)[C@H](O)[C@H]3O)ccc2Cl)cc1. The Labute approximate surface area is 183 Å². The molecule has 30 heavy (non-hydrogen) atoms. The molecule has 9 heteroatoms. The lowest BCUT2D eigenvalue weighted by Crippen LogP contribution is -2.63. The number of aliphatic hydroxyl groups is 4. The molecule has 4 N–H and O–H groups in total. The summed E-state index contributed by atoms with van der Waals surface area (Å²) in [5, 5.41) is 42.5. The molecule has 1 aliphatic heterocycles. The van der Waals surface area contributed by atoms with Crippen molar-refractivity contribution in [2.24, 2.45) is 0 Å². The molecule has 164 valence electrons. The number of hydrogen-bond donors (Lipinski definition) is 4. The van der Waals surface area contributed by atoms with Gasteiger partial charge in [-0.3, -0.25) is 0 Å². The molecule has 0 saturated carbocycles. The van der Waals surface area contributed by atoms with Gasteiger partial charge < -0.3 is 34.5 Å².